The van der Waals surface area contributed by atoms with E-state index in [1.807, 2.05) is 12.2 Å². The Balaban J connectivity index is 3.80. The molecule has 0 saturated heterocycles. The first-order chi connectivity index (χ1) is 6.22. The molecular weight excluding hydrogens is 164 g/mol. The molecular formula is C11H20O2. The zero-order valence-electron chi connectivity index (χ0n) is 8.62. The third-order valence-electron chi connectivity index (χ3n) is 2.08. The van der Waals surface area contributed by atoms with Crippen molar-refractivity contribution >= 4 is 5.97 Å². The van der Waals surface area contributed by atoms with Crippen LogP contribution < -0.4 is 0 Å². The van der Waals surface area contributed by atoms with Gasteiger partial charge in [0.1, 0.15) is 0 Å². The van der Waals surface area contributed by atoms with Crippen LogP contribution in [0.25, 0.3) is 0 Å². The Hall–Kier alpha value is -0.790. The maximum atomic E-state index is 10.8. The van der Waals surface area contributed by atoms with Gasteiger partial charge in [-0.1, -0.05) is 38.8 Å². The minimum Gasteiger partial charge on any atom is -0.481 e. The van der Waals surface area contributed by atoms with Crippen LogP contribution in [0.15, 0.2) is 12.2 Å². The Morgan fingerprint density at radius 1 is 1.38 bits per heavy atom. The van der Waals surface area contributed by atoms with E-state index in [1.54, 1.807) is 0 Å². The fourth-order valence-corrected chi connectivity index (χ4v) is 1.22. The van der Waals surface area contributed by atoms with Crippen LogP contribution in [0.4, 0.5) is 0 Å². The molecule has 76 valence electrons. The normalized spacial score (nSPS) is 13.4. The highest BCUT2D eigenvalue weighted by Gasteiger charge is 2.14. The molecule has 0 saturated carbocycles. The number of hydrogen-bond acceptors (Lipinski definition) is 1. The summed E-state index contributed by atoms with van der Waals surface area (Å²) in [5.41, 5.74) is 0. The number of unbranched alkanes of at least 4 members (excludes halogenated alkanes) is 1. The van der Waals surface area contributed by atoms with E-state index in [2.05, 4.69) is 13.8 Å². The van der Waals surface area contributed by atoms with Gasteiger partial charge in [-0.05, 0) is 19.3 Å². The van der Waals surface area contributed by atoms with Gasteiger partial charge in [0.05, 0.1) is 5.92 Å². The summed E-state index contributed by atoms with van der Waals surface area (Å²) in [5, 5.41) is 8.87. The molecule has 2 heteroatoms. The number of aliphatic carboxylic acids is 1. The van der Waals surface area contributed by atoms with Gasteiger partial charge in [0.2, 0.25) is 0 Å². The predicted octanol–water partition coefficient (Wildman–Crippen LogP) is 3.23. The molecule has 0 aromatic carbocycles. The maximum Gasteiger partial charge on any atom is 0.306 e. The second-order valence-corrected chi connectivity index (χ2v) is 3.29. The van der Waals surface area contributed by atoms with E-state index >= 15 is 0 Å². The van der Waals surface area contributed by atoms with E-state index in [1.165, 1.54) is 0 Å². The van der Waals surface area contributed by atoms with Gasteiger partial charge in [-0.2, -0.15) is 0 Å². The molecule has 0 aromatic rings. The Bertz CT molecular complexity index is 161. The molecule has 0 aliphatic rings. The molecule has 0 radical (unpaired) electrons. The summed E-state index contributed by atoms with van der Waals surface area (Å²) in [6, 6.07) is 0. The first kappa shape index (κ1) is 12.2. The van der Waals surface area contributed by atoms with E-state index in [0.717, 1.165) is 25.7 Å². The van der Waals surface area contributed by atoms with E-state index in [4.69, 9.17) is 5.11 Å². The van der Waals surface area contributed by atoms with Crippen LogP contribution in [-0.4, -0.2) is 11.1 Å². The van der Waals surface area contributed by atoms with Crippen molar-refractivity contribution in [1.29, 1.82) is 0 Å². The smallest absolute Gasteiger partial charge is 0.306 e. The number of carbonyl (C=O) groups is 1. The van der Waals surface area contributed by atoms with E-state index in [-0.39, 0.29) is 5.92 Å². The molecule has 0 amide bonds. The molecule has 0 aromatic heterocycles. The molecule has 0 aliphatic carbocycles. The standard InChI is InChI=1S/C11H20O2/c1-3-5-7-9-10(11(12)13)8-6-4-2/h5,7,10H,3-4,6,8-9H2,1-2H3,(H,12,13). The summed E-state index contributed by atoms with van der Waals surface area (Å²) in [5.74, 6) is -0.836. The Morgan fingerprint density at radius 2 is 2.08 bits per heavy atom. The van der Waals surface area contributed by atoms with Gasteiger partial charge in [0.15, 0.2) is 0 Å². The van der Waals surface area contributed by atoms with Crippen molar-refractivity contribution in [1.82, 2.24) is 0 Å². The topological polar surface area (TPSA) is 37.3 Å². The van der Waals surface area contributed by atoms with Gasteiger partial charge < -0.3 is 5.11 Å². The lowest BCUT2D eigenvalue weighted by molar-refractivity contribution is -0.141. The van der Waals surface area contributed by atoms with Crippen molar-refractivity contribution in [3.8, 4) is 0 Å². The predicted molar refractivity (Wildman–Crippen MR) is 54.7 cm³/mol. The van der Waals surface area contributed by atoms with Crippen LogP contribution in [0.1, 0.15) is 46.0 Å². The number of carboxylic acid groups (broad SMARTS) is 1. The van der Waals surface area contributed by atoms with Crippen LogP contribution in [-0.2, 0) is 4.79 Å². The monoisotopic (exact) mass is 184 g/mol. The summed E-state index contributed by atoms with van der Waals surface area (Å²) in [7, 11) is 0. The van der Waals surface area contributed by atoms with Crippen molar-refractivity contribution in [2.24, 2.45) is 5.92 Å². The van der Waals surface area contributed by atoms with Crippen molar-refractivity contribution in [3.05, 3.63) is 12.2 Å². The molecule has 0 aliphatic heterocycles. The molecule has 13 heavy (non-hydrogen) atoms. The first-order valence-corrected chi connectivity index (χ1v) is 5.10. The minimum atomic E-state index is -0.658. The molecule has 0 bridgehead atoms. The van der Waals surface area contributed by atoms with Crippen molar-refractivity contribution in [2.45, 2.75) is 46.0 Å². The highest BCUT2D eigenvalue weighted by molar-refractivity contribution is 5.70. The largest absolute Gasteiger partial charge is 0.481 e. The second-order valence-electron chi connectivity index (χ2n) is 3.29. The van der Waals surface area contributed by atoms with Crippen LogP contribution in [0.2, 0.25) is 0 Å². The first-order valence-electron chi connectivity index (χ1n) is 5.10. The van der Waals surface area contributed by atoms with Crippen LogP contribution in [0, 0.1) is 5.92 Å². The lowest BCUT2D eigenvalue weighted by Gasteiger charge is -2.08. The third kappa shape index (κ3) is 6.38. The molecule has 1 N–H and O–H groups in total. The summed E-state index contributed by atoms with van der Waals surface area (Å²) in [6.07, 6.45) is 8.57. The van der Waals surface area contributed by atoms with Crippen LogP contribution in [0.3, 0.4) is 0 Å². The maximum absolute atomic E-state index is 10.8. The quantitative estimate of drug-likeness (QED) is 0.617. The minimum absolute atomic E-state index is 0.178. The highest BCUT2D eigenvalue weighted by atomic mass is 16.4. The molecule has 1 atom stereocenters. The SMILES string of the molecule is CCC=CCC(CCCC)C(=O)O. The average Bonchev–Trinajstić information content (AvgIpc) is 2.10. The fourth-order valence-electron chi connectivity index (χ4n) is 1.22. The number of allylic oxidation sites excluding steroid dienone is 2. The fraction of sp³-hybridized carbons (Fsp3) is 0.727. The molecule has 2 nitrogen and oxygen atoms in total. The summed E-state index contributed by atoms with van der Waals surface area (Å²) in [6.45, 7) is 4.14. The summed E-state index contributed by atoms with van der Waals surface area (Å²) < 4.78 is 0. The van der Waals surface area contributed by atoms with Gasteiger partial charge in [0.25, 0.3) is 0 Å². The lowest BCUT2D eigenvalue weighted by atomic mass is 9.98. The molecule has 0 rings (SSSR count). The van der Waals surface area contributed by atoms with Crippen LogP contribution in [0.5, 0.6) is 0 Å². The third-order valence-corrected chi connectivity index (χ3v) is 2.08. The van der Waals surface area contributed by atoms with Gasteiger partial charge in [-0.25, -0.2) is 0 Å². The molecule has 0 heterocycles. The zero-order chi connectivity index (χ0) is 10.1. The van der Waals surface area contributed by atoms with Gasteiger partial charge in [-0.15, -0.1) is 0 Å². The van der Waals surface area contributed by atoms with Crippen molar-refractivity contribution in [2.75, 3.05) is 0 Å². The van der Waals surface area contributed by atoms with Crippen molar-refractivity contribution in [3.63, 3.8) is 0 Å². The number of hydrogen-bond donors (Lipinski definition) is 1. The lowest BCUT2D eigenvalue weighted by Crippen LogP contribution is -2.12. The average molecular weight is 184 g/mol. The van der Waals surface area contributed by atoms with Crippen LogP contribution >= 0.6 is 0 Å². The van der Waals surface area contributed by atoms with Gasteiger partial charge in [-0.3, -0.25) is 4.79 Å². The Labute approximate surface area is 80.7 Å². The van der Waals surface area contributed by atoms with Gasteiger partial charge in [0, 0.05) is 0 Å². The van der Waals surface area contributed by atoms with E-state index in [9.17, 15) is 4.79 Å². The van der Waals surface area contributed by atoms with E-state index < -0.39 is 5.97 Å². The molecule has 0 fully saturated rings. The number of rotatable bonds is 7. The number of carboxylic acids is 1. The Kier molecular flexibility index (Phi) is 7.36. The zero-order valence-corrected chi connectivity index (χ0v) is 8.62. The summed E-state index contributed by atoms with van der Waals surface area (Å²) >= 11 is 0. The highest BCUT2D eigenvalue weighted by Crippen LogP contribution is 2.13. The summed E-state index contributed by atoms with van der Waals surface area (Å²) in [4.78, 5) is 10.8. The van der Waals surface area contributed by atoms with Gasteiger partial charge >= 0.3 is 5.97 Å². The second kappa shape index (κ2) is 7.84. The molecule has 0 spiro atoms. The van der Waals surface area contributed by atoms with Crippen molar-refractivity contribution < 1.29 is 9.90 Å². The molecule has 1 unspecified atom stereocenters. The Morgan fingerprint density at radius 3 is 2.54 bits per heavy atom. The van der Waals surface area contributed by atoms with E-state index in [0.29, 0.717) is 6.42 Å².